The molecule has 4 rings (SSSR count). The molecule has 0 aliphatic heterocycles. The van der Waals surface area contributed by atoms with E-state index in [9.17, 15) is 4.79 Å². The first-order valence-corrected chi connectivity index (χ1v) is 9.40. The van der Waals surface area contributed by atoms with Crippen LogP contribution in [0.15, 0.2) is 46.0 Å². The van der Waals surface area contributed by atoms with E-state index >= 15 is 0 Å². The molecule has 1 aromatic heterocycles. The summed E-state index contributed by atoms with van der Waals surface area (Å²) in [4.78, 5) is 12.8. The summed E-state index contributed by atoms with van der Waals surface area (Å²) < 4.78 is 16.3. The number of carbonyl (C=O) groups excluding carboxylic acids is 1. The van der Waals surface area contributed by atoms with Crippen LogP contribution in [0.4, 0.5) is 0 Å². The molecule has 0 saturated heterocycles. The third kappa shape index (κ3) is 3.40. The fraction of sp³-hybridized carbons (Fsp3) is 0.211. The average Bonchev–Trinajstić information content (AvgIpc) is 3.26. The number of Topliss-reactive ketones (excluding diaryl/α,β-unsaturated/α-hetero) is 1. The normalized spacial score (nSPS) is 15.7. The van der Waals surface area contributed by atoms with E-state index in [2.05, 4.69) is 10.2 Å². The number of aromatic nitrogens is 2. The molecule has 0 amide bonds. The maximum atomic E-state index is 12.8. The lowest BCUT2D eigenvalue weighted by Gasteiger charge is -2.09. The molecule has 0 unspecified atom stereocenters. The first-order valence-electron chi connectivity index (χ1n) is 8.14. The number of benzene rings is 2. The minimum atomic E-state index is -0.329. The number of ether oxygens (including phenoxy) is 2. The largest absolute Gasteiger partial charge is 0.493 e. The highest BCUT2D eigenvalue weighted by Crippen LogP contribution is 2.40. The Morgan fingerprint density at radius 2 is 1.93 bits per heavy atom. The van der Waals surface area contributed by atoms with Crippen molar-refractivity contribution in [2.45, 2.75) is 16.9 Å². The molecule has 138 valence electrons. The lowest BCUT2D eigenvalue weighted by atomic mass is 10.1. The van der Waals surface area contributed by atoms with Crippen LogP contribution >= 0.6 is 23.4 Å². The summed E-state index contributed by atoms with van der Waals surface area (Å²) in [5, 5.41) is 8.70. The Labute approximate surface area is 164 Å². The molecule has 2 aromatic carbocycles. The highest BCUT2D eigenvalue weighted by atomic mass is 35.5. The molecule has 1 heterocycles. The molecule has 8 heteroatoms. The molecule has 1 atom stereocenters. The number of ketones is 1. The molecule has 0 fully saturated rings. The van der Waals surface area contributed by atoms with Gasteiger partial charge in [-0.15, -0.1) is 10.2 Å². The third-order valence-corrected chi connectivity index (χ3v) is 5.56. The topological polar surface area (TPSA) is 74.5 Å². The second kappa shape index (κ2) is 7.25. The second-order valence-corrected chi connectivity index (χ2v) is 7.51. The Morgan fingerprint density at radius 3 is 2.67 bits per heavy atom. The Morgan fingerprint density at radius 1 is 1.15 bits per heavy atom. The number of fused-ring (bicyclic) bond motifs is 1. The van der Waals surface area contributed by atoms with Gasteiger partial charge in [0.1, 0.15) is 0 Å². The van der Waals surface area contributed by atoms with Crippen molar-refractivity contribution < 1.29 is 18.7 Å². The van der Waals surface area contributed by atoms with Crippen LogP contribution in [0.5, 0.6) is 11.5 Å². The highest BCUT2D eigenvalue weighted by Gasteiger charge is 2.34. The molecule has 6 nitrogen and oxygen atoms in total. The van der Waals surface area contributed by atoms with Gasteiger partial charge in [0.25, 0.3) is 5.22 Å². The number of carbonyl (C=O) groups is 1. The molecule has 3 aromatic rings. The van der Waals surface area contributed by atoms with E-state index in [0.29, 0.717) is 39.6 Å². The lowest BCUT2D eigenvalue weighted by Crippen LogP contribution is -2.11. The molecular formula is C19H15ClN2O4S. The number of methoxy groups -OCH3 is 2. The summed E-state index contributed by atoms with van der Waals surface area (Å²) >= 11 is 7.26. The van der Waals surface area contributed by atoms with Crippen molar-refractivity contribution in [2.24, 2.45) is 0 Å². The number of rotatable bonds is 5. The van der Waals surface area contributed by atoms with Gasteiger partial charge in [0.2, 0.25) is 5.89 Å². The van der Waals surface area contributed by atoms with Crippen molar-refractivity contribution in [2.75, 3.05) is 14.2 Å². The number of thioether (sulfide) groups is 1. The fourth-order valence-corrected chi connectivity index (χ4v) is 4.14. The summed E-state index contributed by atoms with van der Waals surface area (Å²) in [6, 6.07) is 10.7. The SMILES string of the molecule is COc1cc2c(cc1OC)C(=O)[C@H](Sc1nnc(-c3cccc(Cl)c3)o1)C2. The first kappa shape index (κ1) is 17.9. The van der Waals surface area contributed by atoms with Crippen LogP contribution in [0.25, 0.3) is 11.5 Å². The number of halogens is 1. The molecule has 0 radical (unpaired) electrons. The van der Waals surface area contributed by atoms with Gasteiger partial charge in [0, 0.05) is 16.1 Å². The Kier molecular flexibility index (Phi) is 4.80. The van der Waals surface area contributed by atoms with E-state index in [1.54, 1.807) is 32.4 Å². The van der Waals surface area contributed by atoms with E-state index in [1.807, 2.05) is 18.2 Å². The molecule has 1 aliphatic rings. The Balaban J connectivity index is 1.55. The van der Waals surface area contributed by atoms with Crippen LogP contribution in [-0.2, 0) is 6.42 Å². The van der Waals surface area contributed by atoms with Gasteiger partial charge in [0.15, 0.2) is 17.3 Å². The van der Waals surface area contributed by atoms with Crippen molar-refractivity contribution in [3.63, 3.8) is 0 Å². The summed E-state index contributed by atoms with van der Waals surface area (Å²) in [5.74, 6) is 1.52. The molecule has 0 N–H and O–H groups in total. The molecular weight excluding hydrogens is 388 g/mol. The molecule has 0 spiro atoms. The minimum absolute atomic E-state index is 0.0125. The molecule has 0 saturated carbocycles. The van der Waals surface area contributed by atoms with E-state index in [0.717, 1.165) is 11.1 Å². The van der Waals surface area contributed by atoms with Crippen molar-refractivity contribution in [3.8, 4) is 23.0 Å². The number of hydrogen-bond donors (Lipinski definition) is 0. The van der Waals surface area contributed by atoms with Crippen LogP contribution in [-0.4, -0.2) is 35.5 Å². The van der Waals surface area contributed by atoms with Gasteiger partial charge in [-0.25, -0.2) is 0 Å². The minimum Gasteiger partial charge on any atom is -0.493 e. The van der Waals surface area contributed by atoms with Gasteiger partial charge >= 0.3 is 0 Å². The number of hydrogen-bond acceptors (Lipinski definition) is 7. The summed E-state index contributed by atoms with van der Waals surface area (Å²) in [6.45, 7) is 0. The van der Waals surface area contributed by atoms with Crippen molar-refractivity contribution in [1.29, 1.82) is 0 Å². The highest BCUT2D eigenvalue weighted by molar-refractivity contribution is 8.00. The zero-order valence-electron chi connectivity index (χ0n) is 14.6. The number of nitrogens with zero attached hydrogens (tertiary/aromatic N) is 2. The van der Waals surface area contributed by atoms with E-state index in [1.165, 1.54) is 11.8 Å². The van der Waals surface area contributed by atoms with Crippen molar-refractivity contribution in [1.82, 2.24) is 10.2 Å². The predicted molar refractivity (Wildman–Crippen MR) is 102 cm³/mol. The van der Waals surface area contributed by atoms with Crippen LogP contribution in [0.3, 0.4) is 0 Å². The monoisotopic (exact) mass is 402 g/mol. The van der Waals surface area contributed by atoms with Gasteiger partial charge in [0.05, 0.1) is 19.5 Å². The van der Waals surface area contributed by atoms with Crippen LogP contribution in [0.2, 0.25) is 5.02 Å². The van der Waals surface area contributed by atoms with Crippen LogP contribution < -0.4 is 9.47 Å². The standard InChI is InChI=1S/C19H15ClN2O4S/c1-24-14-7-11-8-16(17(23)13(11)9-15(14)25-2)27-19-22-21-18(26-19)10-4-3-5-12(20)6-10/h3-7,9,16H,8H2,1-2H3/t16-/m1/s1. The lowest BCUT2D eigenvalue weighted by molar-refractivity contribution is 0.0999. The average molecular weight is 403 g/mol. The molecule has 27 heavy (non-hydrogen) atoms. The fourth-order valence-electron chi connectivity index (χ4n) is 3.00. The summed E-state index contributed by atoms with van der Waals surface area (Å²) in [6.07, 6.45) is 0.564. The Bertz CT molecular complexity index is 1020. The maximum absolute atomic E-state index is 12.8. The van der Waals surface area contributed by atoms with Crippen molar-refractivity contribution >= 4 is 29.1 Å². The van der Waals surface area contributed by atoms with Gasteiger partial charge in [-0.2, -0.15) is 0 Å². The summed E-state index contributed by atoms with van der Waals surface area (Å²) in [5.41, 5.74) is 2.29. The smallest absolute Gasteiger partial charge is 0.277 e. The van der Waals surface area contributed by atoms with E-state index in [-0.39, 0.29) is 11.0 Å². The third-order valence-electron chi connectivity index (χ3n) is 4.29. The molecule has 1 aliphatic carbocycles. The van der Waals surface area contributed by atoms with Gasteiger partial charge in [-0.1, -0.05) is 29.4 Å². The van der Waals surface area contributed by atoms with Gasteiger partial charge in [-0.3, -0.25) is 4.79 Å². The maximum Gasteiger partial charge on any atom is 0.277 e. The van der Waals surface area contributed by atoms with Crippen molar-refractivity contribution in [3.05, 3.63) is 52.5 Å². The predicted octanol–water partition coefficient (Wildman–Crippen LogP) is 4.31. The first-order chi connectivity index (χ1) is 13.1. The second-order valence-electron chi connectivity index (χ2n) is 5.92. The summed E-state index contributed by atoms with van der Waals surface area (Å²) in [7, 11) is 3.12. The van der Waals surface area contributed by atoms with Crippen LogP contribution in [0.1, 0.15) is 15.9 Å². The van der Waals surface area contributed by atoms with E-state index in [4.69, 9.17) is 25.5 Å². The Hall–Kier alpha value is -2.51. The van der Waals surface area contributed by atoms with Gasteiger partial charge in [-0.05, 0) is 42.3 Å². The van der Waals surface area contributed by atoms with Gasteiger partial charge < -0.3 is 13.9 Å². The molecule has 0 bridgehead atoms. The quantitative estimate of drug-likeness (QED) is 0.629. The van der Waals surface area contributed by atoms with E-state index < -0.39 is 0 Å². The zero-order chi connectivity index (χ0) is 19.0. The zero-order valence-corrected chi connectivity index (χ0v) is 16.1. The van der Waals surface area contributed by atoms with Crippen LogP contribution in [0, 0.1) is 0 Å².